The van der Waals surface area contributed by atoms with Crippen LogP contribution in [0.5, 0.6) is 0 Å². The second kappa shape index (κ2) is 9.23. The van der Waals surface area contributed by atoms with Gasteiger partial charge in [-0.25, -0.2) is 0 Å². The van der Waals surface area contributed by atoms with Crippen LogP contribution >= 0.6 is 7.60 Å². The van der Waals surface area contributed by atoms with Crippen LogP contribution in [0.25, 0.3) is 0 Å². The van der Waals surface area contributed by atoms with Crippen LogP contribution in [0.4, 0.5) is 0 Å². The minimum Gasteiger partial charge on any atom is -0.394 e. The third kappa shape index (κ3) is 5.95. The molecule has 0 aromatic carbocycles. The van der Waals surface area contributed by atoms with Crippen LogP contribution in [0, 0.1) is 0 Å². The van der Waals surface area contributed by atoms with Gasteiger partial charge in [-0.05, 0) is 32.9 Å². The predicted molar refractivity (Wildman–Crippen MR) is 75.2 cm³/mol. The molecule has 0 amide bonds. The van der Waals surface area contributed by atoms with E-state index in [0.717, 1.165) is 12.1 Å². The van der Waals surface area contributed by atoms with Gasteiger partial charge in [0.25, 0.3) is 0 Å². The largest absolute Gasteiger partial charge is 0.394 e. The fourth-order valence-corrected chi connectivity index (χ4v) is 6.17. The normalized spacial score (nSPS) is 12.9. The van der Waals surface area contributed by atoms with Gasteiger partial charge in [0, 0.05) is 6.61 Å². The molecule has 0 bridgehead atoms. The summed E-state index contributed by atoms with van der Waals surface area (Å²) in [6.45, 7) is 10.9. The van der Waals surface area contributed by atoms with Gasteiger partial charge in [-0.3, -0.25) is 4.57 Å². The third-order valence-corrected chi connectivity index (χ3v) is 8.25. The molecule has 5 nitrogen and oxygen atoms in total. The molecule has 110 valence electrons. The Morgan fingerprint density at radius 1 is 0.833 bits per heavy atom. The van der Waals surface area contributed by atoms with Gasteiger partial charge in [-0.2, -0.15) is 0 Å². The summed E-state index contributed by atoms with van der Waals surface area (Å²) in [6, 6.07) is 1.66. The lowest BCUT2D eigenvalue weighted by molar-refractivity contribution is 0.161. The average molecular weight is 298 g/mol. The zero-order valence-electron chi connectivity index (χ0n) is 12.2. The summed E-state index contributed by atoms with van der Waals surface area (Å²) in [7, 11) is -5.38. The second-order valence-corrected chi connectivity index (χ2v) is 9.58. The van der Waals surface area contributed by atoms with Crippen molar-refractivity contribution < 1.29 is 22.5 Å². The molecule has 18 heavy (non-hydrogen) atoms. The lowest BCUT2D eigenvalue weighted by Gasteiger charge is -2.29. The van der Waals surface area contributed by atoms with E-state index in [-0.39, 0.29) is 6.35 Å². The Labute approximate surface area is 112 Å². The lowest BCUT2D eigenvalue weighted by atomic mass is 10.9. The van der Waals surface area contributed by atoms with E-state index in [0.29, 0.717) is 19.8 Å². The Kier molecular flexibility index (Phi) is 9.38. The van der Waals surface area contributed by atoms with Crippen LogP contribution in [0.2, 0.25) is 12.1 Å². The van der Waals surface area contributed by atoms with Crippen molar-refractivity contribution in [2.24, 2.45) is 0 Å². The zero-order chi connectivity index (χ0) is 14.1. The fourth-order valence-electron chi connectivity index (χ4n) is 1.66. The molecule has 0 aliphatic rings. The van der Waals surface area contributed by atoms with Crippen molar-refractivity contribution in [2.45, 2.75) is 46.7 Å². The molecule has 0 aliphatic carbocycles. The Bertz CT molecular complexity index is 248. The summed E-state index contributed by atoms with van der Waals surface area (Å²) in [4.78, 5) is 0. The standard InChI is InChI=1S/C11H27O5PSi/c1-6-13-17(12,14-7-2)11-16-18(9-4,10-5)15-8-3/h6-11H2,1-5H3. The Morgan fingerprint density at radius 3 is 1.67 bits per heavy atom. The lowest BCUT2D eigenvalue weighted by Crippen LogP contribution is -2.41. The summed E-state index contributed by atoms with van der Waals surface area (Å²) >= 11 is 0. The number of hydrogen-bond acceptors (Lipinski definition) is 5. The molecule has 0 fully saturated rings. The van der Waals surface area contributed by atoms with Crippen molar-refractivity contribution in [1.82, 2.24) is 0 Å². The van der Waals surface area contributed by atoms with Crippen molar-refractivity contribution in [3.63, 3.8) is 0 Å². The quantitative estimate of drug-likeness (QED) is 0.429. The van der Waals surface area contributed by atoms with Gasteiger partial charge >= 0.3 is 16.2 Å². The highest BCUT2D eigenvalue weighted by Gasteiger charge is 2.37. The van der Waals surface area contributed by atoms with E-state index in [1.165, 1.54) is 0 Å². The van der Waals surface area contributed by atoms with E-state index in [1.54, 1.807) is 13.8 Å². The average Bonchev–Trinajstić information content (AvgIpc) is 2.35. The van der Waals surface area contributed by atoms with Gasteiger partial charge in [0.1, 0.15) is 6.35 Å². The van der Waals surface area contributed by atoms with Crippen molar-refractivity contribution >= 4 is 16.2 Å². The molecular weight excluding hydrogens is 271 g/mol. The minimum atomic E-state index is -3.13. The molecule has 0 radical (unpaired) electrons. The second-order valence-electron chi connectivity index (χ2n) is 3.77. The van der Waals surface area contributed by atoms with E-state index >= 15 is 0 Å². The van der Waals surface area contributed by atoms with Crippen LogP contribution in [0.3, 0.4) is 0 Å². The Balaban J connectivity index is 4.59. The van der Waals surface area contributed by atoms with Crippen molar-refractivity contribution in [3.8, 4) is 0 Å². The first kappa shape index (κ1) is 18.3. The first-order chi connectivity index (χ1) is 8.51. The Hall–Kier alpha value is 0.287. The molecule has 0 saturated heterocycles. The SMILES string of the molecule is CCO[Si](CC)(CC)OCP(=O)(OCC)OCC. The monoisotopic (exact) mass is 298 g/mol. The molecule has 0 aromatic rings. The molecule has 0 spiro atoms. The van der Waals surface area contributed by atoms with E-state index < -0.39 is 16.2 Å². The van der Waals surface area contributed by atoms with E-state index in [9.17, 15) is 4.57 Å². The molecule has 0 saturated carbocycles. The predicted octanol–water partition coefficient (Wildman–Crippen LogP) is 3.75. The highest BCUT2D eigenvalue weighted by atomic mass is 31.2. The number of hydrogen-bond donors (Lipinski definition) is 0. The molecule has 0 heterocycles. The van der Waals surface area contributed by atoms with Crippen LogP contribution < -0.4 is 0 Å². The van der Waals surface area contributed by atoms with E-state index in [2.05, 4.69) is 0 Å². The number of rotatable bonds is 11. The van der Waals surface area contributed by atoms with Gasteiger partial charge in [0.2, 0.25) is 0 Å². The maximum atomic E-state index is 12.3. The van der Waals surface area contributed by atoms with Gasteiger partial charge < -0.3 is 17.9 Å². The molecule has 7 heteroatoms. The summed E-state index contributed by atoms with van der Waals surface area (Å²) in [5.41, 5.74) is 0. The molecule has 0 aromatic heterocycles. The third-order valence-electron chi connectivity index (χ3n) is 2.62. The van der Waals surface area contributed by atoms with Crippen molar-refractivity contribution in [2.75, 3.05) is 26.2 Å². The van der Waals surface area contributed by atoms with Gasteiger partial charge in [0.05, 0.1) is 13.2 Å². The molecule has 0 N–H and O–H groups in total. The topological polar surface area (TPSA) is 54.0 Å². The molecule has 0 aliphatic heterocycles. The Morgan fingerprint density at radius 2 is 1.33 bits per heavy atom. The highest BCUT2D eigenvalue weighted by Crippen LogP contribution is 2.48. The fraction of sp³-hybridized carbons (Fsp3) is 1.00. The smallest absolute Gasteiger partial charge is 0.354 e. The van der Waals surface area contributed by atoms with Crippen molar-refractivity contribution in [1.29, 1.82) is 0 Å². The maximum absolute atomic E-state index is 12.3. The van der Waals surface area contributed by atoms with Crippen LogP contribution in [0.15, 0.2) is 0 Å². The van der Waals surface area contributed by atoms with Gasteiger partial charge in [-0.1, -0.05) is 13.8 Å². The zero-order valence-corrected chi connectivity index (χ0v) is 14.1. The minimum absolute atomic E-state index is 0.0113. The summed E-state index contributed by atoms with van der Waals surface area (Å²) in [5.74, 6) is 0. The summed E-state index contributed by atoms with van der Waals surface area (Å²) < 4.78 is 34.3. The molecule has 0 unspecified atom stereocenters. The first-order valence-electron chi connectivity index (χ1n) is 6.67. The van der Waals surface area contributed by atoms with Crippen LogP contribution in [0.1, 0.15) is 34.6 Å². The van der Waals surface area contributed by atoms with E-state index in [1.807, 2.05) is 20.8 Å². The van der Waals surface area contributed by atoms with E-state index in [4.69, 9.17) is 17.9 Å². The molecule has 0 rings (SSSR count). The van der Waals surface area contributed by atoms with Crippen LogP contribution in [-0.2, 0) is 22.5 Å². The highest BCUT2D eigenvalue weighted by molar-refractivity contribution is 7.53. The molecular formula is C11H27O5PSi. The van der Waals surface area contributed by atoms with Crippen molar-refractivity contribution in [3.05, 3.63) is 0 Å². The maximum Gasteiger partial charge on any atom is 0.354 e. The molecule has 0 atom stereocenters. The summed E-state index contributed by atoms with van der Waals surface area (Å²) in [6.07, 6.45) is -0.0113. The van der Waals surface area contributed by atoms with Gasteiger partial charge in [0.15, 0.2) is 0 Å². The summed E-state index contributed by atoms with van der Waals surface area (Å²) in [5, 5.41) is 0. The van der Waals surface area contributed by atoms with Gasteiger partial charge in [-0.15, -0.1) is 0 Å². The van der Waals surface area contributed by atoms with Crippen LogP contribution in [-0.4, -0.2) is 34.7 Å². The first-order valence-corrected chi connectivity index (χ1v) is 10.6.